The van der Waals surface area contributed by atoms with Gasteiger partial charge in [-0.15, -0.1) is 4.68 Å². The fourth-order valence-electron chi connectivity index (χ4n) is 1.58. The molecule has 1 aromatic carbocycles. The van der Waals surface area contributed by atoms with Crippen LogP contribution in [0.3, 0.4) is 0 Å². The number of carbonyl (C=O) groups excluding carboxylic acids is 1. The fourth-order valence-corrected chi connectivity index (χ4v) is 2.09. The number of halogens is 3. The van der Waals surface area contributed by atoms with Crippen LogP contribution in [0.15, 0.2) is 30.9 Å². The minimum atomic E-state index is -0.0719. The Balaban J connectivity index is 0.00000180. The van der Waals surface area contributed by atoms with Crippen LogP contribution >= 0.6 is 23.2 Å². The van der Waals surface area contributed by atoms with Gasteiger partial charge in [0.25, 0.3) is 6.33 Å². The lowest BCUT2D eigenvalue weighted by Crippen LogP contribution is -3.00. The van der Waals surface area contributed by atoms with Crippen LogP contribution in [0, 0.1) is 0 Å². The molecule has 0 radical (unpaired) electrons. The molecule has 0 unspecified atom stereocenters. The van der Waals surface area contributed by atoms with E-state index in [1.807, 2.05) is 6.92 Å². The summed E-state index contributed by atoms with van der Waals surface area (Å²) < 4.78 is 3.47. The smallest absolute Gasteiger partial charge is 0.265 e. The van der Waals surface area contributed by atoms with Crippen LogP contribution < -0.4 is 21.5 Å². The average molecular weight is 365 g/mol. The fraction of sp³-hybridized carbons (Fsp3) is 0.250. The van der Waals surface area contributed by atoms with Gasteiger partial charge in [0.2, 0.25) is 6.33 Å². The Hall–Kier alpha value is -0.910. The van der Waals surface area contributed by atoms with Crippen molar-refractivity contribution in [3.05, 3.63) is 46.5 Å². The van der Waals surface area contributed by atoms with Crippen LogP contribution in [0.25, 0.3) is 0 Å². The van der Waals surface area contributed by atoms with E-state index in [4.69, 9.17) is 23.2 Å². The highest BCUT2D eigenvalue weighted by Crippen LogP contribution is 2.21. The van der Waals surface area contributed by atoms with E-state index >= 15 is 0 Å². The second-order valence-electron chi connectivity index (χ2n) is 3.82. The Morgan fingerprint density at radius 3 is 2.74 bits per heavy atom. The number of aromatic nitrogens is 3. The zero-order chi connectivity index (χ0) is 13.1. The van der Waals surface area contributed by atoms with Crippen molar-refractivity contribution >= 4 is 29.0 Å². The number of hydrogen-bond acceptors (Lipinski definition) is 2. The highest BCUT2D eigenvalue weighted by molar-refractivity contribution is 6.36. The second-order valence-corrected chi connectivity index (χ2v) is 4.67. The zero-order valence-corrected chi connectivity index (χ0v) is 13.3. The molecule has 7 heteroatoms. The first-order valence-corrected chi connectivity index (χ1v) is 6.25. The number of carbonyl (C=O) groups is 1. The number of rotatable bonds is 4. The van der Waals surface area contributed by atoms with Gasteiger partial charge in [0, 0.05) is 15.7 Å². The Labute approximate surface area is 131 Å². The Morgan fingerprint density at radius 1 is 1.42 bits per heavy atom. The van der Waals surface area contributed by atoms with E-state index in [0.717, 1.165) is 6.54 Å². The van der Waals surface area contributed by atoms with Crippen LogP contribution in [0.1, 0.15) is 17.3 Å². The molecule has 2 rings (SSSR count). The lowest BCUT2D eigenvalue weighted by Gasteiger charge is -2.02. The summed E-state index contributed by atoms with van der Waals surface area (Å²) >= 11 is 11.8. The summed E-state index contributed by atoms with van der Waals surface area (Å²) in [7, 11) is 0. The summed E-state index contributed by atoms with van der Waals surface area (Å²) in [5.41, 5.74) is 0.470. The standard InChI is InChI=1S/C12H12Cl2N3O.BrH/c1-2-17-8-16(7-15-17)6-12(18)10-4-3-9(13)5-11(10)14;/h3-5,7-8H,2,6H2,1H3;1H/q+1;/p-1. The maximum Gasteiger partial charge on any atom is 0.265 e. The summed E-state index contributed by atoms with van der Waals surface area (Å²) in [5, 5.41) is 4.98. The second kappa shape index (κ2) is 7.03. The third-order valence-electron chi connectivity index (χ3n) is 2.51. The van der Waals surface area contributed by atoms with Crippen molar-refractivity contribution in [1.82, 2.24) is 9.78 Å². The van der Waals surface area contributed by atoms with Crippen LogP contribution in [0.5, 0.6) is 0 Å². The SMILES string of the molecule is CCn1c[n+](CC(=O)c2ccc(Cl)cc2Cl)cn1.[Br-]. The minimum Gasteiger partial charge on any atom is -1.00 e. The molecule has 0 fully saturated rings. The van der Waals surface area contributed by atoms with Crippen molar-refractivity contribution in [1.29, 1.82) is 0 Å². The van der Waals surface area contributed by atoms with E-state index in [1.54, 1.807) is 40.1 Å². The van der Waals surface area contributed by atoms with Gasteiger partial charge in [-0.25, -0.2) is 4.57 Å². The van der Waals surface area contributed by atoms with E-state index in [0.29, 0.717) is 15.6 Å². The highest BCUT2D eigenvalue weighted by Gasteiger charge is 2.14. The first kappa shape index (κ1) is 16.1. The molecule has 0 amide bonds. The summed E-state index contributed by atoms with van der Waals surface area (Å²) in [6, 6.07) is 4.86. The number of Topliss-reactive ketones (excluding diaryl/α,β-unsaturated/α-hetero) is 1. The molecule has 0 saturated heterocycles. The number of hydrogen-bond donors (Lipinski definition) is 0. The maximum atomic E-state index is 12.1. The summed E-state index contributed by atoms with van der Waals surface area (Å²) in [5.74, 6) is -0.0719. The van der Waals surface area contributed by atoms with Crippen molar-refractivity contribution in [3.63, 3.8) is 0 Å². The predicted molar refractivity (Wildman–Crippen MR) is 68.9 cm³/mol. The quantitative estimate of drug-likeness (QED) is 0.536. The largest absolute Gasteiger partial charge is 1.00 e. The summed E-state index contributed by atoms with van der Waals surface area (Å²) in [4.78, 5) is 12.1. The van der Waals surface area contributed by atoms with E-state index in [1.165, 1.54) is 0 Å². The highest BCUT2D eigenvalue weighted by atomic mass is 79.9. The van der Waals surface area contributed by atoms with Crippen molar-refractivity contribution in [2.75, 3.05) is 0 Å². The first-order chi connectivity index (χ1) is 8.60. The van der Waals surface area contributed by atoms with E-state index in [9.17, 15) is 4.79 Å². The average Bonchev–Trinajstić information content (AvgIpc) is 2.76. The topological polar surface area (TPSA) is 38.8 Å². The first-order valence-electron chi connectivity index (χ1n) is 5.50. The monoisotopic (exact) mass is 363 g/mol. The zero-order valence-electron chi connectivity index (χ0n) is 10.2. The molecule has 4 nitrogen and oxygen atoms in total. The molecule has 0 bridgehead atoms. The molecule has 19 heavy (non-hydrogen) atoms. The van der Waals surface area contributed by atoms with Gasteiger partial charge in [-0.05, 0) is 25.1 Å². The molecule has 0 aliphatic heterocycles. The molecule has 0 spiro atoms. The molecule has 1 aromatic heterocycles. The van der Waals surface area contributed by atoms with Crippen molar-refractivity contribution < 1.29 is 26.3 Å². The van der Waals surface area contributed by atoms with Crippen molar-refractivity contribution in [3.8, 4) is 0 Å². The van der Waals surface area contributed by atoms with Gasteiger partial charge in [0.15, 0.2) is 5.78 Å². The van der Waals surface area contributed by atoms with E-state index in [-0.39, 0.29) is 29.3 Å². The predicted octanol–water partition coefficient (Wildman–Crippen LogP) is -0.616. The third-order valence-corrected chi connectivity index (χ3v) is 3.06. The molecule has 0 saturated carbocycles. The van der Waals surface area contributed by atoms with Crippen LogP contribution in [0.4, 0.5) is 0 Å². The molecule has 1 heterocycles. The van der Waals surface area contributed by atoms with Gasteiger partial charge in [-0.1, -0.05) is 23.2 Å². The van der Waals surface area contributed by atoms with Crippen molar-refractivity contribution in [2.24, 2.45) is 0 Å². The van der Waals surface area contributed by atoms with Crippen molar-refractivity contribution in [2.45, 2.75) is 20.0 Å². The molecule has 102 valence electrons. The normalized spacial score (nSPS) is 10.1. The minimum absolute atomic E-state index is 0. The van der Waals surface area contributed by atoms with Gasteiger partial charge in [-0.3, -0.25) is 4.79 Å². The number of aryl methyl sites for hydroxylation is 1. The Kier molecular flexibility index (Phi) is 5.97. The molecular formula is C12H12BrCl2N3O. The van der Waals surface area contributed by atoms with Gasteiger partial charge in [0.05, 0.1) is 5.02 Å². The third kappa shape index (κ3) is 4.03. The van der Waals surface area contributed by atoms with Gasteiger partial charge >= 0.3 is 0 Å². The maximum absolute atomic E-state index is 12.1. The van der Waals surface area contributed by atoms with Gasteiger partial charge in [0.1, 0.15) is 13.1 Å². The molecule has 0 N–H and O–H groups in total. The van der Waals surface area contributed by atoms with E-state index in [2.05, 4.69) is 5.10 Å². The van der Waals surface area contributed by atoms with Gasteiger partial charge < -0.3 is 17.0 Å². The molecular weight excluding hydrogens is 353 g/mol. The van der Waals surface area contributed by atoms with E-state index < -0.39 is 0 Å². The number of benzene rings is 1. The Morgan fingerprint density at radius 2 is 2.16 bits per heavy atom. The summed E-state index contributed by atoms with van der Waals surface area (Å²) in [6.07, 6.45) is 3.40. The number of ketones is 1. The lowest BCUT2D eigenvalue weighted by molar-refractivity contribution is -0.683. The Bertz CT molecular complexity index is 586. The van der Waals surface area contributed by atoms with Gasteiger partial charge in [-0.2, -0.15) is 0 Å². The molecule has 0 atom stereocenters. The lowest BCUT2D eigenvalue weighted by atomic mass is 10.1. The number of nitrogens with zero attached hydrogens (tertiary/aromatic N) is 3. The molecule has 2 aromatic rings. The van der Waals surface area contributed by atoms with Crippen LogP contribution in [-0.2, 0) is 13.1 Å². The summed E-state index contributed by atoms with van der Waals surface area (Å²) in [6.45, 7) is 2.96. The van der Waals surface area contributed by atoms with Crippen LogP contribution in [-0.4, -0.2) is 15.6 Å². The molecule has 0 aliphatic rings. The van der Waals surface area contributed by atoms with Crippen LogP contribution in [0.2, 0.25) is 10.0 Å². The molecule has 0 aliphatic carbocycles.